The maximum absolute atomic E-state index is 11.7. The highest BCUT2D eigenvalue weighted by Gasteiger charge is 2.14. The highest BCUT2D eigenvalue weighted by Crippen LogP contribution is 2.26. The van der Waals surface area contributed by atoms with Crippen molar-refractivity contribution in [3.63, 3.8) is 0 Å². The van der Waals surface area contributed by atoms with E-state index in [9.17, 15) is 8.42 Å². The van der Waals surface area contributed by atoms with Gasteiger partial charge in [-0.05, 0) is 37.3 Å². The van der Waals surface area contributed by atoms with Gasteiger partial charge in [-0.1, -0.05) is 12.1 Å². The van der Waals surface area contributed by atoms with Crippen LogP contribution in [-0.2, 0) is 9.84 Å². The molecule has 3 aromatic heterocycles. The van der Waals surface area contributed by atoms with E-state index in [2.05, 4.69) is 21.1 Å². The topological polar surface area (TPSA) is 101 Å². The standard InChI is InChI=1S/C20H15N5O2S/c1-13-20(16-9-14(10-21)11-22-12-16)25-19(23-13)8-7-18(24-25)15-3-5-17(6-4-15)28(2,26)27/h3-9,11-12H,1-2H3. The largest absolute Gasteiger partial charge is 0.263 e. The average Bonchev–Trinajstić information content (AvgIpc) is 3.02. The van der Waals surface area contributed by atoms with E-state index in [1.807, 2.05) is 19.1 Å². The molecule has 0 fully saturated rings. The van der Waals surface area contributed by atoms with Gasteiger partial charge < -0.3 is 0 Å². The van der Waals surface area contributed by atoms with Crippen molar-refractivity contribution >= 4 is 15.5 Å². The minimum Gasteiger partial charge on any atom is -0.263 e. The lowest BCUT2D eigenvalue weighted by atomic mass is 10.1. The second kappa shape index (κ2) is 6.55. The Bertz CT molecular complexity index is 1350. The fourth-order valence-corrected chi connectivity index (χ4v) is 3.66. The molecule has 0 radical (unpaired) electrons. The highest BCUT2D eigenvalue weighted by atomic mass is 32.2. The van der Waals surface area contributed by atoms with E-state index in [0.717, 1.165) is 22.5 Å². The number of fused-ring (bicyclic) bond motifs is 1. The van der Waals surface area contributed by atoms with Crippen molar-refractivity contribution in [3.8, 4) is 28.6 Å². The fourth-order valence-electron chi connectivity index (χ4n) is 3.03. The van der Waals surface area contributed by atoms with Gasteiger partial charge >= 0.3 is 0 Å². The molecule has 0 saturated carbocycles. The predicted molar refractivity (Wildman–Crippen MR) is 104 cm³/mol. The number of nitriles is 1. The van der Waals surface area contributed by atoms with Gasteiger partial charge in [0, 0.05) is 29.8 Å². The third-order valence-electron chi connectivity index (χ3n) is 4.37. The van der Waals surface area contributed by atoms with Crippen molar-refractivity contribution in [3.05, 3.63) is 66.1 Å². The SMILES string of the molecule is Cc1nc2ccc(-c3ccc(S(C)(=O)=O)cc3)nn2c1-c1cncc(C#N)c1. The molecule has 0 unspecified atom stereocenters. The number of pyridine rings is 1. The maximum atomic E-state index is 11.7. The van der Waals surface area contributed by atoms with Crippen molar-refractivity contribution in [1.29, 1.82) is 5.26 Å². The quantitative estimate of drug-likeness (QED) is 0.534. The van der Waals surface area contributed by atoms with Gasteiger partial charge in [0.2, 0.25) is 0 Å². The number of aryl methyl sites for hydroxylation is 1. The molecule has 0 aliphatic heterocycles. The summed E-state index contributed by atoms with van der Waals surface area (Å²) in [4.78, 5) is 8.92. The summed E-state index contributed by atoms with van der Waals surface area (Å²) in [6.07, 6.45) is 4.35. The second-order valence-corrected chi connectivity index (χ2v) is 8.42. The van der Waals surface area contributed by atoms with Gasteiger partial charge in [0.15, 0.2) is 15.5 Å². The van der Waals surface area contributed by atoms with Crippen LogP contribution in [0, 0.1) is 18.3 Å². The Hall–Kier alpha value is -3.57. The first-order valence-corrected chi connectivity index (χ1v) is 10.3. The molecule has 0 aliphatic carbocycles. The second-order valence-electron chi connectivity index (χ2n) is 6.41. The van der Waals surface area contributed by atoms with Gasteiger partial charge in [0.1, 0.15) is 6.07 Å². The average molecular weight is 389 g/mol. The summed E-state index contributed by atoms with van der Waals surface area (Å²) in [5, 5.41) is 13.8. The Morgan fingerprint density at radius 2 is 1.79 bits per heavy atom. The van der Waals surface area contributed by atoms with E-state index in [1.165, 1.54) is 12.5 Å². The lowest BCUT2D eigenvalue weighted by molar-refractivity contribution is 0.602. The summed E-state index contributed by atoms with van der Waals surface area (Å²) in [6.45, 7) is 1.88. The van der Waals surface area contributed by atoms with Crippen LogP contribution in [0.5, 0.6) is 0 Å². The van der Waals surface area contributed by atoms with Crippen LogP contribution in [0.4, 0.5) is 0 Å². The third kappa shape index (κ3) is 3.12. The van der Waals surface area contributed by atoms with E-state index in [0.29, 0.717) is 16.9 Å². The Kier molecular flexibility index (Phi) is 4.17. The molecule has 0 saturated heterocycles. The van der Waals surface area contributed by atoms with Crippen LogP contribution in [0.1, 0.15) is 11.3 Å². The van der Waals surface area contributed by atoms with Gasteiger partial charge in [-0.25, -0.2) is 17.9 Å². The molecule has 4 aromatic rings. The number of nitrogens with zero attached hydrogens (tertiary/aromatic N) is 5. The molecule has 0 spiro atoms. The molecular weight excluding hydrogens is 374 g/mol. The molecule has 0 atom stereocenters. The van der Waals surface area contributed by atoms with Crippen molar-refractivity contribution < 1.29 is 8.42 Å². The van der Waals surface area contributed by atoms with Crippen LogP contribution in [-0.4, -0.2) is 34.3 Å². The van der Waals surface area contributed by atoms with Crippen LogP contribution in [0.25, 0.3) is 28.2 Å². The summed E-state index contributed by atoms with van der Waals surface area (Å²) >= 11 is 0. The first-order chi connectivity index (χ1) is 13.4. The van der Waals surface area contributed by atoms with Crippen LogP contribution < -0.4 is 0 Å². The summed E-state index contributed by atoms with van der Waals surface area (Å²) in [5.41, 5.74) is 4.88. The highest BCUT2D eigenvalue weighted by molar-refractivity contribution is 7.90. The molecular formula is C20H15N5O2S. The van der Waals surface area contributed by atoms with Gasteiger partial charge in [-0.3, -0.25) is 4.98 Å². The van der Waals surface area contributed by atoms with Crippen molar-refractivity contribution in [1.82, 2.24) is 19.6 Å². The molecule has 4 rings (SSSR count). The maximum Gasteiger partial charge on any atom is 0.175 e. The zero-order valence-corrected chi connectivity index (χ0v) is 16.0. The number of benzene rings is 1. The van der Waals surface area contributed by atoms with Gasteiger partial charge in [0.05, 0.1) is 27.5 Å². The van der Waals surface area contributed by atoms with Crippen LogP contribution >= 0.6 is 0 Å². The zero-order valence-electron chi connectivity index (χ0n) is 15.2. The lowest BCUT2D eigenvalue weighted by Crippen LogP contribution is -1.99. The minimum absolute atomic E-state index is 0.260. The Balaban J connectivity index is 1.86. The van der Waals surface area contributed by atoms with Crippen LogP contribution in [0.2, 0.25) is 0 Å². The van der Waals surface area contributed by atoms with E-state index in [-0.39, 0.29) is 4.90 Å². The molecule has 28 heavy (non-hydrogen) atoms. The third-order valence-corrected chi connectivity index (χ3v) is 5.50. The number of imidazole rings is 1. The monoisotopic (exact) mass is 389 g/mol. The number of sulfone groups is 1. The number of aromatic nitrogens is 4. The van der Waals surface area contributed by atoms with Crippen LogP contribution in [0.15, 0.2) is 59.8 Å². The van der Waals surface area contributed by atoms with E-state index in [4.69, 9.17) is 5.26 Å². The smallest absolute Gasteiger partial charge is 0.175 e. The van der Waals surface area contributed by atoms with Gasteiger partial charge in [-0.15, -0.1) is 0 Å². The summed E-state index contributed by atoms with van der Waals surface area (Å²) in [7, 11) is -3.25. The zero-order chi connectivity index (χ0) is 19.9. The molecule has 0 N–H and O–H groups in total. The Morgan fingerprint density at radius 1 is 1.04 bits per heavy atom. The summed E-state index contributed by atoms with van der Waals surface area (Å²) in [5.74, 6) is 0. The number of hydrogen-bond donors (Lipinski definition) is 0. The lowest BCUT2D eigenvalue weighted by Gasteiger charge is -2.06. The molecule has 0 amide bonds. The Morgan fingerprint density at radius 3 is 2.46 bits per heavy atom. The normalized spacial score (nSPS) is 11.5. The van der Waals surface area contributed by atoms with Crippen molar-refractivity contribution in [2.24, 2.45) is 0 Å². The molecule has 0 aliphatic rings. The predicted octanol–water partition coefficient (Wildman–Crippen LogP) is 3.04. The van der Waals surface area contributed by atoms with Crippen LogP contribution in [0.3, 0.4) is 0 Å². The van der Waals surface area contributed by atoms with E-state index >= 15 is 0 Å². The molecule has 1 aromatic carbocycles. The molecule has 8 heteroatoms. The fraction of sp³-hybridized carbons (Fsp3) is 0.100. The first-order valence-electron chi connectivity index (χ1n) is 8.39. The number of rotatable bonds is 3. The summed E-state index contributed by atoms with van der Waals surface area (Å²) < 4.78 is 25.0. The minimum atomic E-state index is -3.25. The van der Waals surface area contributed by atoms with Gasteiger partial charge in [0.25, 0.3) is 0 Å². The number of hydrogen-bond acceptors (Lipinski definition) is 6. The first kappa shape index (κ1) is 17.8. The molecule has 138 valence electrons. The van der Waals surface area contributed by atoms with E-state index < -0.39 is 9.84 Å². The van der Waals surface area contributed by atoms with Crippen molar-refractivity contribution in [2.75, 3.05) is 6.26 Å². The molecule has 7 nitrogen and oxygen atoms in total. The van der Waals surface area contributed by atoms with Crippen molar-refractivity contribution in [2.45, 2.75) is 11.8 Å². The van der Waals surface area contributed by atoms with E-state index in [1.54, 1.807) is 41.0 Å². The Labute approximate surface area is 161 Å². The summed E-state index contributed by atoms with van der Waals surface area (Å²) in [6, 6.07) is 14.1. The molecule has 0 bridgehead atoms. The van der Waals surface area contributed by atoms with Gasteiger partial charge in [-0.2, -0.15) is 10.4 Å². The molecule has 3 heterocycles.